The zero-order valence-corrected chi connectivity index (χ0v) is 19.7. The molecule has 1 N–H and O–H groups in total. The van der Waals surface area contributed by atoms with Crippen molar-refractivity contribution in [2.24, 2.45) is 0 Å². The topological polar surface area (TPSA) is 119 Å². The molecular weight excluding hydrogens is 460 g/mol. The summed E-state index contributed by atoms with van der Waals surface area (Å²) in [6.45, 7) is 1.21. The van der Waals surface area contributed by atoms with Gasteiger partial charge in [-0.15, -0.1) is 0 Å². The highest BCUT2D eigenvalue weighted by Crippen LogP contribution is 2.22. The van der Waals surface area contributed by atoms with Crippen LogP contribution in [0.15, 0.2) is 65.6 Å². The molecule has 1 amide bonds. The summed E-state index contributed by atoms with van der Waals surface area (Å²) in [6.07, 6.45) is 0. The van der Waals surface area contributed by atoms with Gasteiger partial charge in [-0.3, -0.25) is 4.79 Å². The largest absolute Gasteiger partial charge is 0.465 e. The van der Waals surface area contributed by atoms with E-state index in [9.17, 15) is 22.8 Å². The molecule has 0 unspecified atom stereocenters. The Morgan fingerprint density at radius 1 is 0.853 bits per heavy atom. The van der Waals surface area contributed by atoms with Crippen molar-refractivity contribution in [1.29, 1.82) is 0 Å². The van der Waals surface area contributed by atoms with Gasteiger partial charge >= 0.3 is 11.9 Å². The van der Waals surface area contributed by atoms with E-state index in [4.69, 9.17) is 0 Å². The molecule has 0 fully saturated rings. The smallest absolute Gasteiger partial charge is 0.337 e. The second-order valence-electron chi connectivity index (χ2n) is 7.27. The summed E-state index contributed by atoms with van der Waals surface area (Å²) in [5, 5.41) is 4.20. The molecule has 0 aliphatic carbocycles. The highest BCUT2D eigenvalue weighted by molar-refractivity contribution is 7.89. The average Bonchev–Trinajstić information content (AvgIpc) is 2.85. The van der Waals surface area contributed by atoms with Crippen LogP contribution in [0.1, 0.15) is 27.6 Å². The van der Waals surface area contributed by atoms with Crippen LogP contribution in [0.25, 0.3) is 10.8 Å². The van der Waals surface area contributed by atoms with E-state index in [0.717, 1.165) is 15.1 Å². The van der Waals surface area contributed by atoms with Crippen LogP contribution in [0.5, 0.6) is 0 Å². The summed E-state index contributed by atoms with van der Waals surface area (Å²) in [7, 11) is -1.59. The first-order chi connectivity index (χ1) is 16.2. The first kappa shape index (κ1) is 24.9. The Kier molecular flexibility index (Phi) is 7.64. The predicted octanol–water partition coefficient (Wildman–Crippen LogP) is 3.06. The van der Waals surface area contributed by atoms with Gasteiger partial charge in [-0.05, 0) is 41.1 Å². The van der Waals surface area contributed by atoms with Crippen LogP contribution < -0.4 is 5.32 Å². The SMILES string of the molecule is CCN(CC(=O)Nc1cc(C(=O)OC)cc(C(=O)OC)c1)S(=O)(=O)c1ccc2ccccc2c1. The fourth-order valence-corrected chi connectivity index (χ4v) is 4.82. The zero-order chi connectivity index (χ0) is 24.9. The number of likely N-dealkylation sites (N-methyl/N-ethyl adjacent to an activating group) is 1. The Balaban J connectivity index is 1.84. The van der Waals surface area contributed by atoms with Gasteiger partial charge in [0.15, 0.2) is 0 Å². The number of amides is 1. The fourth-order valence-electron chi connectivity index (χ4n) is 3.38. The van der Waals surface area contributed by atoms with Crippen molar-refractivity contribution in [3.63, 3.8) is 0 Å². The quantitative estimate of drug-likeness (QED) is 0.488. The van der Waals surface area contributed by atoms with Crippen LogP contribution in [0.3, 0.4) is 0 Å². The van der Waals surface area contributed by atoms with Crippen molar-refractivity contribution < 1.29 is 32.3 Å². The molecule has 0 saturated heterocycles. The third-order valence-electron chi connectivity index (χ3n) is 5.09. The molecule has 178 valence electrons. The highest BCUT2D eigenvalue weighted by Gasteiger charge is 2.26. The minimum atomic E-state index is -3.96. The lowest BCUT2D eigenvalue weighted by atomic mass is 10.1. The van der Waals surface area contributed by atoms with Crippen molar-refractivity contribution in [3.05, 3.63) is 71.8 Å². The van der Waals surface area contributed by atoms with Crippen LogP contribution in [0.4, 0.5) is 5.69 Å². The monoisotopic (exact) mass is 484 g/mol. The van der Waals surface area contributed by atoms with Gasteiger partial charge < -0.3 is 14.8 Å². The van der Waals surface area contributed by atoms with E-state index in [0.29, 0.717) is 0 Å². The average molecular weight is 485 g/mol. The van der Waals surface area contributed by atoms with E-state index < -0.39 is 34.4 Å². The molecule has 34 heavy (non-hydrogen) atoms. The lowest BCUT2D eigenvalue weighted by Crippen LogP contribution is -2.37. The Labute approximate surface area is 197 Å². The number of nitrogens with zero attached hydrogens (tertiary/aromatic N) is 1. The van der Waals surface area contributed by atoms with E-state index in [1.807, 2.05) is 24.3 Å². The van der Waals surface area contributed by atoms with Gasteiger partial charge in [0.2, 0.25) is 15.9 Å². The lowest BCUT2D eigenvalue weighted by Gasteiger charge is -2.20. The first-order valence-electron chi connectivity index (χ1n) is 10.3. The number of hydrogen-bond donors (Lipinski definition) is 1. The van der Waals surface area contributed by atoms with Crippen molar-refractivity contribution >= 4 is 44.3 Å². The van der Waals surface area contributed by atoms with Gasteiger partial charge in [0, 0.05) is 12.2 Å². The number of nitrogens with one attached hydrogen (secondary N) is 1. The standard InChI is InChI=1S/C24H24N2O7S/c1-4-26(34(30,31)21-10-9-16-7-5-6-8-17(16)14-21)15-22(27)25-20-12-18(23(28)32-2)11-19(13-20)24(29)33-3/h5-14H,4,15H2,1-3H3,(H,25,27). The minimum absolute atomic E-state index is 0.0248. The van der Waals surface area contributed by atoms with Gasteiger partial charge in [-0.2, -0.15) is 4.31 Å². The molecule has 3 rings (SSSR count). The number of carbonyl (C=O) groups excluding carboxylic acids is 3. The van der Waals surface area contributed by atoms with Crippen LogP contribution in [0.2, 0.25) is 0 Å². The van der Waals surface area contributed by atoms with Crippen LogP contribution in [-0.4, -0.2) is 57.9 Å². The lowest BCUT2D eigenvalue weighted by molar-refractivity contribution is -0.116. The van der Waals surface area contributed by atoms with E-state index in [2.05, 4.69) is 14.8 Å². The number of methoxy groups -OCH3 is 2. The van der Waals surface area contributed by atoms with Gasteiger partial charge in [-0.1, -0.05) is 37.3 Å². The summed E-state index contributed by atoms with van der Waals surface area (Å²) in [5.74, 6) is -2.07. The summed E-state index contributed by atoms with van der Waals surface area (Å²) in [6, 6.07) is 16.1. The molecule has 3 aromatic carbocycles. The van der Waals surface area contributed by atoms with Gasteiger partial charge in [0.25, 0.3) is 0 Å². The molecular formula is C24H24N2O7S. The number of rotatable bonds is 8. The Hall–Kier alpha value is -3.76. The molecule has 0 aliphatic heterocycles. The summed E-state index contributed by atoms with van der Waals surface area (Å²) >= 11 is 0. The maximum atomic E-state index is 13.2. The maximum absolute atomic E-state index is 13.2. The number of fused-ring (bicyclic) bond motifs is 1. The number of esters is 2. The maximum Gasteiger partial charge on any atom is 0.337 e. The zero-order valence-electron chi connectivity index (χ0n) is 18.9. The third kappa shape index (κ3) is 5.41. The molecule has 0 bridgehead atoms. The fraction of sp³-hybridized carbons (Fsp3) is 0.208. The van der Waals surface area contributed by atoms with Crippen molar-refractivity contribution in [3.8, 4) is 0 Å². The Bertz CT molecular complexity index is 1320. The van der Waals surface area contributed by atoms with E-state index >= 15 is 0 Å². The molecule has 0 spiro atoms. The summed E-state index contributed by atoms with van der Waals surface area (Å²) < 4.78 is 36.8. The number of benzene rings is 3. The van der Waals surface area contributed by atoms with Crippen LogP contribution >= 0.6 is 0 Å². The number of sulfonamides is 1. The van der Waals surface area contributed by atoms with E-state index in [1.165, 1.54) is 38.5 Å². The first-order valence-corrected chi connectivity index (χ1v) is 11.7. The van der Waals surface area contributed by atoms with Gasteiger partial charge in [-0.25, -0.2) is 18.0 Å². The van der Waals surface area contributed by atoms with E-state index in [1.54, 1.807) is 19.1 Å². The van der Waals surface area contributed by atoms with Crippen molar-refractivity contribution in [1.82, 2.24) is 4.31 Å². The number of ether oxygens (including phenoxy) is 2. The molecule has 0 atom stereocenters. The molecule has 0 heterocycles. The molecule has 0 saturated carbocycles. The van der Waals surface area contributed by atoms with Crippen LogP contribution in [0, 0.1) is 0 Å². The van der Waals surface area contributed by atoms with Crippen molar-refractivity contribution in [2.45, 2.75) is 11.8 Å². The molecule has 9 nitrogen and oxygen atoms in total. The van der Waals surface area contributed by atoms with Gasteiger partial charge in [0.1, 0.15) is 0 Å². The number of hydrogen-bond acceptors (Lipinski definition) is 7. The Morgan fingerprint density at radius 2 is 1.44 bits per heavy atom. The van der Waals surface area contributed by atoms with E-state index in [-0.39, 0.29) is 28.3 Å². The molecule has 0 aliphatic rings. The van der Waals surface area contributed by atoms with Crippen molar-refractivity contribution in [2.75, 3.05) is 32.6 Å². The summed E-state index contributed by atoms with van der Waals surface area (Å²) in [4.78, 5) is 36.7. The van der Waals surface area contributed by atoms with Gasteiger partial charge in [0.05, 0.1) is 36.8 Å². The Morgan fingerprint density at radius 3 is 2.00 bits per heavy atom. The second-order valence-corrected chi connectivity index (χ2v) is 9.21. The number of carbonyl (C=O) groups is 3. The van der Waals surface area contributed by atoms with Crippen LogP contribution in [-0.2, 0) is 24.3 Å². The minimum Gasteiger partial charge on any atom is -0.465 e. The highest BCUT2D eigenvalue weighted by atomic mass is 32.2. The summed E-state index contributed by atoms with van der Waals surface area (Å²) in [5.41, 5.74) is 0.168. The molecule has 10 heteroatoms. The molecule has 3 aromatic rings. The molecule has 0 radical (unpaired) electrons. The third-order valence-corrected chi connectivity index (χ3v) is 7.01. The predicted molar refractivity (Wildman–Crippen MR) is 126 cm³/mol. The second kappa shape index (κ2) is 10.4. The normalized spacial score (nSPS) is 11.3. The number of anilines is 1. The molecule has 0 aromatic heterocycles.